The number of carbonyl (C=O) groups is 1. The molecule has 0 radical (unpaired) electrons. The molecule has 0 bridgehead atoms. The molecule has 2 heterocycles. The van der Waals surface area contributed by atoms with Gasteiger partial charge < -0.3 is 14.2 Å². The zero-order chi connectivity index (χ0) is 23.2. The molecule has 0 unspecified atom stereocenters. The van der Waals surface area contributed by atoms with Crippen molar-refractivity contribution < 1.29 is 19.0 Å². The second-order valence-corrected chi connectivity index (χ2v) is 9.84. The summed E-state index contributed by atoms with van der Waals surface area (Å²) in [6.45, 7) is 2.07. The van der Waals surface area contributed by atoms with Crippen molar-refractivity contribution in [3.05, 3.63) is 75.2 Å². The number of nitrogens with zero attached hydrogens (tertiary/aromatic N) is 2. The summed E-state index contributed by atoms with van der Waals surface area (Å²) in [5.74, 6) is 1.59. The van der Waals surface area contributed by atoms with Crippen molar-refractivity contribution in [2.75, 3.05) is 14.2 Å². The molecule has 9 heteroatoms. The molecular weight excluding hydrogens is 476 g/mol. The van der Waals surface area contributed by atoms with Crippen molar-refractivity contribution in [1.29, 1.82) is 0 Å². The van der Waals surface area contributed by atoms with E-state index in [2.05, 4.69) is 9.97 Å². The van der Waals surface area contributed by atoms with Crippen LogP contribution in [-0.2, 0) is 17.1 Å². The largest absolute Gasteiger partial charge is 0.493 e. The average molecular weight is 499 g/mol. The van der Waals surface area contributed by atoms with Crippen LogP contribution in [0.25, 0.3) is 10.6 Å². The molecule has 0 saturated heterocycles. The van der Waals surface area contributed by atoms with E-state index < -0.39 is 0 Å². The first-order chi connectivity index (χ1) is 16.1. The van der Waals surface area contributed by atoms with Crippen LogP contribution in [0, 0.1) is 6.92 Å². The highest BCUT2D eigenvalue weighted by molar-refractivity contribution is 7.98. The van der Waals surface area contributed by atoms with E-state index in [1.54, 1.807) is 43.4 Å². The number of rotatable bonds is 9. The van der Waals surface area contributed by atoms with Crippen LogP contribution in [0.2, 0.25) is 0 Å². The third-order valence-electron chi connectivity index (χ3n) is 4.69. The van der Waals surface area contributed by atoms with Crippen molar-refractivity contribution >= 4 is 40.4 Å². The Bertz CT molecular complexity index is 1250. The lowest BCUT2D eigenvalue weighted by atomic mass is 10.2. The third kappa shape index (κ3) is 5.55. The van der Waals surface area contributed by atoms with E-state index in [9.17, 15) is 4.79 Å². The smallest absolute Gasteiger partial charge is 0.339 e. The van der Waals surface area contributed by atoms with Crippen molar-refractivity contribution in [2.45, 2.75) is 24.2 Å². The van der Waals surface area contributed by atoms with E-state index in [1.165, 1.54) is 11.3 Å². The van der Waals surface area contributed by atoms with Gasteiger partial charge in [-0.15, -0.1) is 34.4 Å². The molecule has 4 aromatic rings. The second-order valence-electron chi connectivity index (χ2n) is 6.90. The highest BCUT2D eigenvalue weighted by Gasteiger charge is 2.17. The Morgan fingerprint density at radius 3 is 2.55 bits per heavy atom. The monoisotopic (exact) mass is 498 g/mol. The molecule has 6 nitrogen and oxygen atoms in total. The zero-order valence-electron chi connectivity index (χ0n) is 18.4. The fraction of sp³-hybridized carbons (Fsp3) is 0.208. The molecule has 0 spiro atoms. The maximum atomic E-state index is 12.8. The Balaban J connectivity index is 1.43. The highest BCUT2D eigenvalue weighted by atomic mass is 32.2. The molecule has 0 aliphatic heterocycles. The topological polar surface area (TPSA) is 70.5 Å². The molecule has 2 aromatic carbocycles. The van der Waals surface area contributed by atoms with Gasteiger partial charge in [0, 0.05) is 21.4 Å². The van der Waals surface area contributed by atoms with Crippen molar-refractivity contribution in [3.63, 3.8) is 0 Å². The Labute approximate surface area is 204 Å². The summed E-state index contributed by atoms with van der Waals surface area (Å²) in [7, 11) is 3.20. The summed E-state index contributed by atoms with van der Waals surface area (Å²) in [5, 5.41) is 5.73. The zero-order valence-corrected chi connectivity index (χ0v) is 20.8. The van der Waals surface area contributed by atoms with Crippen molar-refractivity contribution in [1.82, 2.24) is 9.97 Å². The Kier molecular flexibility index (Phi) is 7.64. The molecule has 0 saturated carbocycles. The maximum Gasteiger partial charge on any atom is 0.339 e. The van der Waals surface area contributed by atoms with Crippen LogP contribution in [0.4, 0.5) is 0 Å². The molecule has 0 aliphatic carbocycles. The van der Waals surface area contributed by atoms with E-state index in [-0.39, 0.29) is 12.6 Å². The first-order valence-corrected chi connectivity index (χ1v) is 12.8. The molecule has 4 rings (SSSR count). The van der Waals surface area contributed by atoms with Gasteiger partial charge in [0.1, 0.15) is 11.6 Å². The number of methoxy groups -OCH3 is 2. The van der Waals surface area contributed by atoms with Crippen LogP contribution in [-0.4, -0.2) is 30.2 Å². The molecular formula is C24H22N2O4S3. The van der Waals surface area contributed by atoms with Gasteiger partial charge in [-0.05, 0) is 31.2 Å². The number of carbonyl (C=O) groups excluding carboxylic acids is 1. The van der Waals surface area contributed by atoms with Crippen LogP contribution in [0.5, 0.6) is 11.5 Å². The number of hydrogen-bond acceptors (Lipinski definition) is 9. The predicted octanol–water partition coefficient (Wildman–Crippen LogP) is 6.24. The van der Waals surface area contributed by atoms with Gasteiger partial charge in [-0.25, -0.2) is 14.8 Å². The second kappa shape index (κ2) is 10.8. The van der Waals surface area contributed by atoms with E-state index in [1.807, 2.05) is 54.1 Å². The summed E-state index contributed by atoms with van der Waals surface area (Å²) in [4.78, 5) is 22.8. The van der Waals surface area contributed by atoms with Gasteiger partial charge in [-0.3, -0.25) is 0 Å². The predicted molar refractivity (Wildman–Crippen MR) is 133 cm³/mol. The van der Waals surface area contributed by atoms with Gasteiger partial charge in [0.15, 0.2) is 11.5 Å². The number of hydrogen-bond donors (Lipinski definition) is 0. The first kappa shape index (κ1) is 23.3. The first-order valence-electron chi connectivity index (χ1n) is 10.0. The van der Waals surface area contributed by atoms with Gasteiger partial charge in [-0.2, -0.15) is 0 Å². The van der Waals surface area contributed by atoms with Crippen LogP contribution < -0.4 is 9.47 Å². The van der Waals surface area contributed by atoms with Gasteiger partial charge >= 0.3 is 5.97 Å². The lowest BCUT2D eigenvalue weighted by Gasteiger charge is -2.10. The molecule has 0 fully saturated rings. The van der Waals surface area contributed by atoms with E-state index in [0.29, 0.717) is 28.5 Å². The summed E-state index contributed by atoms with van der Waals surface area (Å²) in [6.07, 6.45) is 0. The van der Waals surface area contributed by atoms with Crippen LogP contribution in [0.15, 0.2) is 58.1 Å². The number of aromatic nitrogens is 2. The fourth-order valence-corrected chi connectivity index (χ4v) is 5.63. The fourth-order valence-electron chi connectivity index (χ4n) is 3.16. The number of thioether (sulfide) groups is 1. The molecule has 0 atom stereocenters. The average Bonchev–Trinajstić information content (AvgIpc) is 3.49. The summed E-state index contributed by atoms with van der Waals surface area (Å²) >= 11 is 4.66. The van der Waals surface area contributed by atoms with E-state index in [4.69, 9.17) is 14.2 Å². The van der Waals surface area contributed by atoms with Crippen LogP contribution in [0.3, 0.4) is 0 Å². The van der Waals surface area contributed by atoms with Gasteiger partial charge in [0.2, 0.25) is 0 Å². The summed E-state index contributed by atoms with van der Waals surface area (Å²) < 4.78 is 16.5. The summed E-state index contributed by atoms with van der Waals surface area (Å²) in [5.41, 5.74) is 3.06. The normalized spacial score (nSPS) is 10.8. The maximum absolute atomic E-state index is 12.8. The minimum atomic E-state index is -0.374. The molecule has 170 valence electrons. The van der Waals surface area contributed by atoms with Crippen molar-refractivity contribution in [3.8, 4) is 22.1 Å². The molecule has 2 aromatic heterocycles. The van der Waals surface area contributed by atoms with Crippen LogP contribution >= 0.6 is 34.4 Å². The Morgan fingerprint density at radius 1 is 0.970 bits per heavy atom. The quantitative estimate of drug-likeness (QED) is 0.200. The standard InChI is InChI=1S/C24H22N2O4S3/c1-15-25-17(13-31-15)14-32-21-10-5-4-7-18(21)24(27)30-11-16-12-33-23(26-16)19-8-6-9-20(28-2)22(19)29-3/h4-10,12-13H,11,14H2,1-3H3. The minimum absolute atomic E-state index is 0.0892. The number of aryl methyl sites for hydroxylation is 1. The minimum Gasteiger partial charge on any atom is -0.493 e. The van der Waals surface area contributed by atoms with Gasteiger partial charge in [0.25, 0.3) is 0 Å². The number of thiazole rings is 2. The lowest BCUT2D eigenvalue weighted by molar-refractivity contribution is 0.0464. The Hall–Kier alpha value is -2.88. The SMILES string of the molecule is COc1cccc(-c2nc(COC(=O)c3ccccc3SCc3csc(C)n3)cs2)c1OC. The molecule has 33 heavy (non-hydrogen) atoms. The highest BCUT2D eigenvalue weighted by Crippen LogP contribution is 2.39. The molecule has 0 N–H and O–H groups in total. The van der Waals surface area contributed by atoms with Gasteiger partial charge in [-0.1, -0.05) is 18.2 Å². The third-order valence-corrected chi connectivity index (χ3v) is 7.54. The molecule has 0 amide bonds. The molecule has 0 aliphatic rings. The number of benzene rings is 2. The summed E-state index contributed by atoms with van der Waals surface area (Å²) in [6, 6.07) is 13.1. The lowest BCUT2D eigenvalue weighted by Crippen LogP contribution is -2.07. The van der Waals surface area contributed by atoms with E-state index >= 15 is 0 Å². The number of para-hydroxylation sites is 1. The van der Waals surface area contributed by atoms with Crippen molar-refractivity contribution in [2.24, 2.45) is 0 Å². The Morgan fingerprint density at radius 2 is 1.79 bits per heavy atom. The number of esters is 1. The van der Waals surface area contributed by atoms with Crippen LogP contribution in [0.1, 0.15) is 26.8 Å². The number of ether oxygens (including phenoxy) is 3. The van der Waals surface area contributed by atoms with E-state index in [0.717, 1.165) is 26.2 Å². The van der Waals surface area contributed by atoms with Gasteiger partial charge in [0.05, 0.1) is 41.7 Å².